The molecule has 0 aliphatic heterocycles. The number of fused-ring (bicyclic) bond motifs is 1. The van der Waals surface area contributed by atoms with Crippen molar-refractivity contribution >= 4 is 11.8 Å². The van der Waals surface area contributed by atoms with E-state index in [-0.39, 0.29) is 0 Å². The summed E-state index contributed by atoms with van der Waals surface area (Å²) in [5, 5.41) is 4.45. The van der Waals surface area contributed by atoms with Gasteiger partial charge in [-0.05, 0) is 36.6 Å². The normalized spacial score (nSPS) is 21.6. The van der Waals surface area contributed by atoms with Gasteiger partial charge in [0.25, 0.3) is 0 Å². The van der Waals surface area contributed by atoms with E-state index < -0.39 is 0 Å². The van der Waals surface area contributed by atoms with Crippen LogP contribution in [0.3, 0.4) is 0 Å². The summed E-state index contributed by atoms with van der Waals surface area (Å²) in [5.74, 6) is 0. The highest BCUT2D eigenvalue weighted by atomic mass is 32.2. The lowest BCUT2D eigenvalue weighted by molar-refractivity contribution is 0.492. The molecule has 0 spiro atoms. The maximum atomic E-state index is 3.75. The zero-order valence-electron chi connectivity index (χ0n) is 10.9. The quantitative estimate of drug-likeness (QED) is 0.815. The summed E-state index contributed by atoms with van der Waals surface area (Å²) in [5.41, 5.74) is 3.10. The van der Waals surface area contributed by atoms with Crippen LogP contribution in [0.4, 0.5) is 0 Å². The molecule has 0 bridgehead atoms. The van der Waals surface area contributed by atoms with Crippen LogP contribution in [0.15, 0.2) is 24.3 Å². The summed E-state index contributed by atoms with van der Waals surface area (Å²) >= 11 is 1.94. The molecule has 2 heteroatoms. The first-order chi connectivity index (χ1) is 8.31. The van der Waals surface area contributed by atoms with Crippen molar-refractivity contribution in [2.45, 2.75) is 43.9 Å². The minimum Gasteiger partial charge on any atom is -0.309 e. The molecule has 1 aliphatic rings. The Labute approximate surface area is 109 Å². The van der Waals surface area contributed by atoms with E-state index in [2.05, 4.69) is 42.8 Å². The van der Waals surface area contributed by atoms with Crippen LogP contribution < -0.4 is 5.32 Å². The largest absolute Gasteiger partial charge is 0.309 e. The van der Waals surface area contributed by atoms with Gasteiger partial charge in [0.15, 0.2) is 0 Å². The zero-order chi connectivity index (χ0) is 12.1. The van der Waals surface area contributed by atoms with Crippen LogP contribution in [0.2, 0.25) is 0 Å². The van der Waals surface area contributed by atoms with Crippen molar-refractivity contribution in [3.8, 4) is 0 Å². The Morgan fingerprint density at radius 1 is 1.35 bits per heavy atom. The van der Waals surface area contributed by atoms with E-state index in [9.17, 15) is 0 Å². The van der Waals surface area contributed by atoms with Gasteiger partial charge in [0.1, 0.15) is 0 Å². The molecular formula is C15H23NS. The third-order valence-corrected chi connectivity index (χ3v) is 4.64. The first-order valence-electron chi connectivity index (χ1n) is 6.65. The standard InChI is InChI=1S/C15H23NS/c1-12(17-2)11-16-15-10-6-4-8-13-7-3-5-9-14(13)15/h3,5,7,9,12,15-16H,4,6,8,10-11H2,1-2H3. The maximum Gasteiger partial charge on any atom is 0.0323 e. The summed E-state index contributed by atoms with van der Waals surface area (Å²) in [6, 6.07) is 9.53. The van der Waals surface area contributed by atoms with E-state index in [1.54, 1.807) is 11.1 Å². The van der Waals surface area contributed by atoms with Gasteiger partial charge in [-0.15, -0.1) is 0 Å². The molecule has 0 aromatic heterocycles. The van der Waals surface area contributed by atoms with Crippen LogP contribution in [0.1, 0.15) is 43.4 Å². The van der Waals surface area contributed by atoms with Crippen LogP contribution >= 0.6 is 11.8 Å². The van der Waals surface area contributed by atoms with Crippen LogP contribution in [-0.4, -0.2) is 18.1 Å². The highest BCUT2D eigenvalue weighted by molar-refractivity contribution is 7.99. The molecule has 1 aliphatic carbocycles. The molecule has 0 saturated heterocycles. The summed E-state index contributed by atoms with van der Waals surface area (Å²) in [4.78, 5) is 0. The van der Waals surface area contributed by atoms with Gasteiger partial charge in [-0.2, -0.15) is 11.8 Å². The molecule has 94 valence electrons. The Morgan fingerprint density at radius 2 is 2.18 bits per heavy atom. The number of nitrogens with one attached hydrogen (secondary N) is 1. The SMILES string of the molecule is CSC(C)CNC1CCCCc2ccccc21. The molecule has 1 aromatic rings. The first kappa shape index (κ1) is 13.0. The molecule has 0 heterocycles. The lowest BCUT2D eigenvalue weighted by Crippen LogP contribution is -2.27. The second-order valence-corrected chi connectivity index (χ2v) is 6.23. The fraction of sp³-hybridized carbons (Fsp3) is 0.600. The lowest BCUT2D eigenvalue weighted by Gasteiger charge is -2.21. The van der Waals surface area contributed by atoms with Gasteiger partial charge < -0.3 is 5.32 Å². The van der Waals surface area contributed by atoms with Gasteiger partial charge in [-0.25, -0.2) is 0 Å². The van der Waals surface area contributed by atoms with Crippen molar-refractivity contribution < 1.29 is 0 Å². The average molecular weight is 249 g/mol. The molecule has 0 radical (unpaired) electrons. The minimum absolute atomic E-state index is 0.572. The van der Waals surface area contributed by atoms with Crippen LogP contribution in [0.5, 0.6) is 0 Å². The van der Waals surface area contributed by atoms with Crippen LogP contribution in [-0.2, 0) is 6.42 Å². The average Bonchev–Trinajstić information content (AvgIpc) is 2.58. The molecule has 1 aromatic carbocycles. The van der Waals surface area contributed by atoms with E-state index in [4.69, 9.17) is 0 Å². The molecule has 2 atom stereocenters. The van der Waals surface area contributed by atoms with Gasteiger partial charge in [0.05, 0.1) is 0 Å². The van der Waals surface area contributed by atoms with Crippen molar-refractivity contribution in [3.63, 3.8) is 0 Å². The molecule has 2 rings (SSSR count). The summed E-state index contributed by atoms with van der Waals surface area (Å²) < 4.78 is 0. The van der Waals surface area contributed by atoms with Crippen LogP contribution in [0, 0.1) is 0 Å². The molecular weight excluding hydrogens is 226 g/mol. The summed E-state index contributed by atoms with van der Waals surface area (Å²) in [6.45, 7) is 3.40. The van der Waals surface area contributed by atoms with E-state index >= 15 is 0 Å². The van der Waals surface area contributed by atoms with Gasteiger partial charge >= 0.3 is 0 Å². The van der Waals surface area contributed by atoms with E-state index in [1.807, 2.05) is 11.8 Å². The predicted molar refractivity (Wildman–Crippen MR) is 77.7 cm³/mol. The highest BCUT2D eigenvalue weighted by Crippen LogP contribution is 2.28. The molecule has 0 fully saturated rings. The number of benzene rings is 1. The van der Waals surface area contributed by atoms with Crippen molar-refractivity contribution in [1.82, 2.24) is 5.32 Å². The fourth-order valence-electron chi connectivity index (χ4n) is 2.52. The second kappa shape index (κ2) is 6.46. The van der Waals surface area contributed by atoms with Crippen molar-refractivity contribution in [3.05, 3.63) is 35.4 Å². The number of aryl methyl sites for hydroxylation is 1. The second-order valence-electron chi connectivity index (χ2n) is 4.95. The van der Waals surface area contributed by atoms with Gasteiger partial charge in [0.2, 0.25) is 0 Å². The molecule has 0 amide bonds. The lowest BCUT2D eigenvalue weighted by atomic mass is 9.99. The zero-order valence-corrected chi connectivity index (χ0v) is 11.7. The molecule has 1 N–H and O–H groups in total. The van der Waals surface area contributed by atoms with Crippen molar-refractivity contribution in [1.29, 1.82) is 0 Å². The van der Waals surface area contributed by atoms with Gasteiger partial charge in [0, 0.05) is 17.8 Å². The third kappa shape index (κ3) is 3.49. The Bertz CT molecular complexity index is 351. The predicted octanol–water partition coefficient (Wildman–Crippen LogP) is 3.80. The molecule has 17 heavy (non-hydrogen) atoms. The van der Waals surface area contributed by atoms with Gasteiger partial charge in [-0.3, -0.25) is 0 Å². The Kier molecular flexibility index (Phi) is 4.93. The van der Waals surface area contributed by atoms with Crippen molar-refractivity contribution in [2.24, 2.45) is 0 Å². The van der Waals surface area contributed by atoms with E-state index in [1.165, 1.54) is 25.7 Å². The topological polar surface area (TPSA) is 12.0 Å². The molecule has 1 nitrogen and oxygen atoms in total. The smallest absolute Gasteiger partial charge is 0.0323 e. The molecule has 0 saturated carbocycles. The van der Waals surface area contributed by atoms with E-state index in [0.717, 1.165) is 6.54 Å². The monoisotopic (exact) mass is 249 g/mol. The number of thioether (sulfide) groups is 1. The Hall–Kier alpha value is -0.470. The Morgan fingerprint density at radius 3 is 3.00 bits per heavy atom. The fourth-order valence-corrected chi connectivity index (χ4v) is 2.79. The number of hydrogen-bond acceptors (Lipinski definition) is 2. The van der Waals surface area contributed by atoms with Gasteiger partial charge in [-0.1, -0.05) is 37.6 Å². The third-order valence-electron chi connectivity index (χ3n) is 3.67. The summed E-state index contributed by atoms with van der Waals surface area (Å²) in [7, 11) is 0. The first-order valence-corrected chi connectivity index (χ1v) is 7.94. The van der Waals surface area contributed by atoms with Crippen molar-refractivity contribution in [2.75, 3.05) is 12.8 Å². The number of hydrogen-bond donors (Lipinski definition) is 1. The summed E-state index contributed by atoms with van der Waals surface area (Å²) in [6.07, 6.45) is 7.42. The Balaban J connectivity index is 2.06. The van der Waals surface area contributed by atoms with Crippen LogP contribution in [0.25, 0.3) is 0 Å². The van der Waals surface area contributed by atoms with E-state index in [0.29, 0.717) is 11.3 Å². The number of rotatable bonds is 4. The maximum absolute atomic E-state index is 3.75. The highest BCUT2D eigenvalue weighted by Gasteiger charge is 2.17. The minimum atomic E-state index is 0.572. The molecule has 2 unspecified atom stereocenters.